The molecule has 2 N–H and O–H groups in total. The summed E-state index contributed by atoms with van der Waals surface area (Å²) in [4.78, 5) is 16.4. The highest BCUT2D eigenvalue weighted by Crippen LogP contribution is 2.35. The normalized spacial score (nSPS) is 10.6. The van der Waals surface area contributed by atoms with Gasteiger partial charge in [0.2, 0.25) is 0 Å². The maximum atomic E-state index is 11.4. The predicted octanol–water partition coefficient (Wildman–Crippen LogP) is 6.21. The monoisotopic (exact) mass is 476 g/mol. The SMILES string of the molecule is COC(=O)CCCc1ccc2nc(CC(C)C)c(CN)c(-c3ccc(C)cc3)c2c1.Cl.Cl. The lowest BCUT2D eigenvalue weighted by molar-refractivity contribution is -0.140. The molecule has 32 heavy (non-hydrogen) atoms. The summed E-state index contributed by atoms with van der Waals surface area (Å²) in [5.41, 5.74) is 14.3. The van der Waals surface area contributed by atoms with Gasteiger partial charge in [-0.25, -0.2) is 0 Å². The Kier molecular flexibility index (Phi) is 11.1. The summed E-state index contributed by atoms with van der Waals surface area (Å²) in [6.45, 7) is 6.98. The van der Waals surface area contributed by atoms with Crippen molar-refractivity contribution in [2.75, 3.05) is 7.11 Å². The second kappa shape index (κ2) is 12.8. The third kappa shape index (κ3) is 6.68. The Bertz CT molecular complexity index is 1030. The van der Waals surface area contributed by atoms with E-state index in [0.29, 0.717) is 18.9 Å². The van der Waals surface area contributed by atoms with Crippen LogP contribution in [0.4, 0.5) is 0 Å². The van der Waals surface area contributed by atoms with Gasteiger partial charge in [0.15, 0.2) is 0 Å². The molecule has 0 aliphatic heterocycles. The van der Waals surface area contributed by atoms with Crippen molar-refractivity contribution in [3.05, 3.63) is 64.8 Å². The van der Waals surface area contributed by atoms with Crippen molar-refractivity contribution >= 4 is 41.7 Å². The molecule has 6 heteroatoms. The third-order valence-electron chi connectivity index (χ3n) is 5.46. The molecule has 1 aromatic heterocycles. The fourth-order valence-electron chi connectivity index (χ4n) is 3.92. The molecule has 3 rings (SSSR count). The molecular weight excluding hydrogens is 443 g/mol. The molecule has 0 amide bonds. The van der Waals surface area contributed by atoms with Crippen LogP contribution in [0.15, 0.2) is 42.5 Å². The fraction of sp³-hybridized carbons (Fsp3) is 0.385. The van der Waals surface area contributed by atoms with Gasteiger partial charge < -0.3 is 10.5 Å². The Morgan fingerprint density at radius 3 is 2.38 bits per heavy atom. The van der Waals surface area contributed by atoms with Crippen LogP contribution in [0, 0.1) is 12.8 Å². The molecule has 0 saturated carbocycles. The second-order valence-corrected chi connectivity index (χ2v) is 8.36. The van der Waals surface area contributed by atoms with Gasteiger partial charge >= 0.3 is 5.97 Å². The molecule has 174 valence electrons. The number of hydrogen-bond donors (Lipinski definition) is 1. The molecule has 0 bridgehead atoms. The summed E-state index contributed by atoms with van der Waals surface area (Å²) < 4.78 is 4.76. The van der Waals surface area contributed by atoms with Gasteiger partial charge in [0, 0.05) is 24.0 Å². The van der Waals surface area contributed by atoms with Gasteiger partial charge in [0.1, 0.15) is 0 Å². The van der Waals surface area contributed by atoms with E-state index in [9.17, 15) is 4.79 Å². The lowest BCUT2D eigenvalue weighted by atomic mass is 9.90. The number of aromatic nitrogens is 1. The van der Waals surface area contributed by atoms with Gasteiger partial charge in [-0.2, -0.15) is 0 Å². The molecule has 0 saturated heterocycles. The Hall–Kier alpha value is -2.14. The van der Waals surface area contributed by atoms with Crippen LogP contribution in [-0.4, -0.2) is 18.1 Å². The van der Waals surface area contributed by atoms with Crippen molar-refractivity contribution in [2.24, 2.45) is 11.7 Å². The number of pyridine rings is 1. The first kappa shape index (κ1) is 27.9. The van der Waals surface area contributed by atoms with Crippen LogP contribution in [0.25, 0.3) is 22.0 Å². The van der Waals surface area contributed by atoms with Crippen LogP contribution in [0.1, 0.15) is 49.1 Å². The van der Waals surface area contributed by atoms with E-state index in [4.69, 9.17) is 15.5 Å². The molecule has 0 unspecified atom stereocenters. The van der Waals surface area contributed by atoms with E-state index in [1.165, 1.54) is 29.4 Å². The van der Waals surface area contributed by atoms with Crippen LogP contribution in [0.3, 0.4) is 0 Å². The van der Waals surface area contributed by atoms with E-state index in [1.54, 1.807) is 0 Å². The number of fused-ring (bicyclic) bond motifs is 1. The zero-order chi connectivity index (χ0) is 21.7. The number of halogens is 2. The Labute approximate surface area is 203 Å². The zero-order valence-corrected chi connectivity index (χ0v) is 20.9. The largest absolute Gasteiger partial charge is 0.469 e. The number of nitrogens with two attached hydrogens (primary N) is 1. The number of benzene rings is 2. The molecule has 0 aliphatic rings. The smallest absolute Gasteiger partial charge is 0.305 e. The van der Waals surface area contributed by atoms with Crippen LogP contribution < -0.4 is 5.73 Å². The number of nitrogens with zero attached hydrogens (tertiary/aromatic N) is 1. The van der Waals surface area contributed by atoms with E-state index in [1.807, 2.05) is 0 Å². The second-order valence-electron chi connectivity index (χ2n) is 8.36. The number of methoxy groups -OCH3 is 1. The molecule has 0 radical (unpaired) electrons. The van der Waals surface area contributed by atoms with Gasteiger partial charge in [0.25, 0.3) is 0 Å². The average Bonchev–Trinajstić information content (AvgIpc) is 2.73. The van der Waals surface area contributed by atoms with Gasteiger partial charge in [-0.3, -0.25) is 9.78 Å². The summed E-state index contributed by atoms with van der Waals surface area (Å²) in [5.74, 6) is 0.338. The van der Waals surface area contributed by atoms with Crippen molar-refractivity contribution < 1.29 is 9.53 Å². The summed E-state index contributed by atoms with van der Waals surface area (Å²) in [6.07, 6.45) is 2.92. The number of carbonyl (C=O) groups is 1. The van der Waals surface area contributed by atoms with Gasteiger partial charge in [-0.1, -0.05) is 49.7 Å². The molecule has 0 spiro atoms. The van der Waals surface area contributed by atoms with E-state index in [-0.39, 0.29) is 30.8 Å². The van der Waals surface area contributed by atoms with Crippen LogP contribution in [0.5, 0.6) is 0 Å². The minimum Gasteiger partial charge on any atom is -0.469 e. The first-order valence-corrected chi connectivity index (χ1v) is 10.7. The molecule has 4 nitrogen and oxygen atoms in total. The lowest BCUT2D eigenvalue weighted by Gasteiger charge is -2.18. The Balaban J connectivity index is 0.00000256. The number of ether oxygens (including phenoxy) is 1. The molecular formula is C26H34Cl2N2O2. The Morgan fingerprint density at radius 1 is 1.09 bits per heavy atom. The standard InChI is InChI=1S/C26H32N2O2.2ClH/c1-17(2)14-24-22(16-27)26(20-11-8-18(3)9-12-20)21-15-19(10-13-23(21)28-24)6-5-7-25(29)30-4;;/h8-13,15,17H,5-7,14,16,27H2,1-4H3;2*1H. The van der Waals surface area contributed by atoms with Crippen LogP contribution >= 0.6 is 24.8 Å². The van der Waals surface area contributed by atoms with Crippen molar-refractivity contribution in [1.82, 2.24) is 4.98 Å². The molecule has 0 aliphatic carbocycles. The molecule has 1 heterocycles. The highest BCUT2D eigenvalue weighted by Gasteiger charge is 2.17. The maximum absolute atomic E-state index is 11.4. The van der Waals surface area contributed by atoms with Crippen molar-refractivity contribution in [3.8, 4) is 11.1 Å². The van der Waals surface area contributed by atoms with E-state index in [2.05, 4.69) is 63.2 Å². The molecule has 0 atom stereocenters. The molecule has 3 aromatic rings. The van der Waals surface area contributed by atoms with Crippen molar-refractivity contribution in [3.63, 3.8) is 0 Å². The average molecular weight is 477 g/mol. The van der Waals surface area contributed by atoms with Gasteiger partial charge in [-0.05, 0) is 66.5 Å². The highest BCUT2D eigenvalue weighted by molar-refractivity contribution is 5.97. The van der Waals surface area contributed by atoms with Crippen LogP contribution in [-0.2, 0) is 28.9 Å². The third-order valence-corrected chi connectivity index (χ3v) is 5.46. The Morgan fingerprint density at radius 2 is 1.78 bits per heavy atom. The summed E-state index contributed by atoms with van der Waals surface area (Å²) in [6, 6.07) is 15.1. The summed E-state index contributed by atoms with van der Waals surface area (Å²) in [7, 11) is 1.43. The number of rotatable bonds is 8. The van der Waals surface area contributed by atoms with E-state index >= 15 is 0 Å². The van der Waals surface area contributed by atoms with Gasteiger partial charge in [-0.15, -0.1) is 24.8 Å². The topological polar surface area (TPSA) is 65.2 Å². The van der Waals surface area contributed by atoms with E-state index < -0.39 is 0 Å². The molecule has 0 fully saturated rings. The molecule has 2 aromatic carbocycles. The number of esters is 1. The quantitative estimate of drug-likeness (QED) is 0.392. The van der Waals surface area contributed by atoms with Crippen molar-refractivity contribution in [2.45, 2.75) is 53.0 Å². The van der Waals surface area contributed by atoms with Crippen LogP contribution in [0.2, 0.25) is 0 Å². The lowest BCUT2D eigenvalue weighted by Crippen LogP contribution is -2.10. The summed E-state index contributed by atoms with van der Waals surface area (Å²) >= 11 is 0. The maximum Gasteiger partial charge on any atom is 0.305 e. The zero-order valence-electron chi connectivity index (χ0n) is 19.3. The predicted molar refractivity (Wildman–Crippen MR) is 138 cm³/mol. The number of hydrogen-bond acceptors (Lipinski definition) is 4. The van der Waals surface area contributed by atoms with E-state index in [0.717, 1.165) is 41.4 Å². The first-order chi connectivity index (χ1) is 14.4. The van der Waals surface area contributed by atoms with Crippen molar-refractivity contribution in [1.29, 1.82) is 0 Å². The minimum absolute atomic E-state index is 0. The number of aryl methyl sites for hydroxylation is 2. The minimum atomic E-state index is -0.165. The number of carbonyl (C=O) groups excluding carboxylic acids is 1. The summed E-state index contributed by atoms with van der Waals surface area (Å²) in [5, 5.41) is 1.13. The highest BCUT2D eigenvalue weighted by atomic mass is 35.5. The fourth-order valence-corrected chi connectivity index (χ4v) is 3.92. The van der Waals surface area contributed by atoms with Gasteiger partial charge in [0.05, 0.1) is 12.6 Å². The first-order valence-electron chi connectivity index (χ1n) is 10.7.